The number of benzene rings is 1. The summed E-state index contributed by atoms with van der Waals surface area (Å²) >= 11 is 3.38. The van der Waals surface area contributed by atoms with Crippen LogP contribution in [0.5, 0.6) is 5.75 Å². The fourth-order valence-electron chi connectivity index (χ4n) is 1.58. The molecule has 2 aromatic rings. The first-order chi connectivity index (χ1) is 10.1. The lowest BCUT2D eigenvalue weighted by atomic mass is 10.2. The van der Waals surface area contributed by atoms with E-state index >= 15 is 0 Å². The summed E-state index contributed by atoms with van der Waals surface area (Å²) in [5.74, 6) is 0.512. The Labute approximate surface area is 130 Å². The Hall–Kier alpha value is -2.22. The van der Waals surface area contributed by atoms with Crippen molar-refractivity contribution in [3.63, 3.8) is 0 Å². The molecular weight excluding hydrogens is 338 g/mol. The molecular formula is C13H14BrN5O2. The molecule has 0 aliphatic carbocycles. The number of hydrogen-bond donors (Lipinski definition) is 1. The van der Waals surface area contributed by atoms with E-state index in [1.165, 1.54) is 10.9 Å². The first-order valence-corrected chi connectivity index (χ1v) is 7.02. The standard InChI is InChI=1S/C13H14BrN5O2/c1-3-19-17-13(16-18-19)15-12(20)7-4-9-8-10(14)5-6-11(9)21-2/h4-8H,3H2,1-2H3,(H,15,17,20)/b7-4+. The number of aromatic nitrogens is 4. The molecule has 0 aliphatic rings. The molecule has 110 valence electrons. The van der Waals surface area contributed by atoms with Crippen molar-refractivity contribution in [2.45, 2.75) is 13.5 Å². The molecule has 7 nitrogen and oxygen atoms in total. The minimum absolute atomic E-state index is 0.174. The molecule has 2 rings (SSSR count). The number of halogens is 1. The van der Waals surface area contributed by atoms with Crippen LogP contribution in [0.4, 0.5) is 5.95 Å². The van der Waals surface area contributed by atoms with Crippen molar-refractivity contribution in [2.75, 3.05) is 12.4 Å². The van der Waals surface area contributed by atoms with Crippen LogP contribution < -0.4 is 10.1 Å². The lowest BCUT2D eigenvalue weighted by Crippen LogP contribution is -2.09. The maximum atomic E-state index is 11.8. The van der Waals surface area contributed by atoms with Gasteiger partial charge in [-0.25, -0.2) is 0 Å². The molecule has 0 atom stereocenters. The van der Waals surface area contributed by atoms with E-state index in [0.717, 1.165) is 10.0 Å². The Morgan fingerprint density at radius 1 is 1.52 bits per heavy atom. The van der Waals surface area contributed by atoms with Gasteiger partial charge in [0.25, 0.3) is 11.9 Å². The molecule has 21 heavy (non-hydrogen) atoms. The van der Waals surface area contributed by atoms with Crippen molar-refractivity contribution in [3.05, 3.63) is 34.3 Å². The monoisotopic (exact) mass is 351 g/mol. The second kappa shape index (κ2) is 6.98. The summed E-state index contributed by atoms with van der Waals surface area (Å²) < 4.78 is 6.13. The van der Waals surface area contributed by atoms with Gasteiger partial charge in [-0.2, -0.15) is 4.80 Å². The Morgan fingerprint density at radius 3 is 3.00 bits per heavy atom. The molecule has 0 saturated carbocycles. The van der Waals surface area contributed by atoms with E-state index in [4.69, 9.17) is 4.74 Å². The zero-order valence-corrected chi connectivity index (χ0v) is 13.2. The third kappa shape index (κ3) is 4.12. The quantitative estimate of drug-likeness (QED) is 0.834. The number of carbonyl (C=O) groups excluding carboxylic acids is 1. The first kappa shape index (κ1) is 15.2. The zero-order chi connectivity index (χ0) is 15.2. The number of aryl methyl sites for hydroxylation is 1. The van der Waals surface area contributed by atoms with Gasteiger partial charge in [0.15, 0.2) is 0 Å². The summed E-state index contributed by atoms with van der Waals surface area (Å²) in [6, 6.07) is 5.54. The van der Waals surface area contributed by atoms with Gasteiger partial charge >= 0.3 is 0 Å². The van der Waals surface area contributed by atoms with Gasteiger partial charge in [0.2, 0.25) is 0 Å². The van der Waals surface area contributed by atoms with E-state index in [9.17, 15) is 4.79 Å². The second-order valence-corrected chi connectivity index (χ2v) is 4.93. The maximum Gasteiger partial charge on any atom is 0.270 e. The predicted octanol–water partition coefficient (Wildman–Crippen LogP) is 2.12. The molecule has 1 heterocycles. The highest BCUT2D eigenvalue weighted by molar-refractivity contribution is 9.10. The first-order valence-electron chi connectivity index (χ1n) is 6.22. The van der Waals surface area contributed by atoms with Crippen molar-refractivity contribution in [3.8, 4) is 5.75 Å². The third-order valence-electron chi connectivity index (χ3n) is 2.58. The number of tetrazole rings is 1. The van der Waals surface area contributed by atoms with Crippen molar-refractivity contribution in [2.24, 2.45) is 0 Å². The molecule has 0 spiro atoms. The molecule has 8 heteroatoms. The minimum atomic E-state index is -0.340. The van der Waals surface area contributed by atoms with Crippen LogP contribution in [-0.2, 0) is 11.3 Å². The fourth-order valence-corrected chi connectivity index (χ4v) is 1.96. The number of anilines is 1. The Balaban J connectivity index is 2.06. The van der Waals surface area contributed by atoms with Crippen LogP contribution in [0.1, 0.15) is 12.5 Å². The maximum absolute atomic E-state index is 11.8. The van der Waals surface area contributed by atoms with Gasteiger partial charge in [-0.05, 0) is 36.4 Å². The highest BCUT2D eigenvalue weighted by atomic mass is 79.9. The summed E-state index contributed by atoms with van der Waals surface area (Å²) in [6.07, 6.45) is 3.04. The number of hydrogen-bond acceptors (Lipinski definition) is 5. The molecule has 1 amide bonds. The zero-order valence-electron chi connectivity index (χ0n) is 11.6. The van der Waals surface area contributed by atoms with Gasteiger partial charge in [0, 0.05) is 16.1 Å². The summed E-state index contributed by atoms with van der Waals surface area (Å²) in [5, 5.41) is 14.0. The van der Waals surface area contributed by atoms with Gasteiger partial charge in [-0.1, -0.05) is 21.0 Å². The van der Waals surface area contributed by atoms with Gasteiger partial charge in [-0.3, -0.25) is 10.1 Å². The van der Waals surface area contributed by atoms with Crippen LogP contribution in [0.15, 0.2) is 28.7 Å². The molecule has 0 bridgehead atoms. The lowest BCUT2D eigenvalue weighted by molar-refractivity contribution is -0.111. The van der Waals surface area contributed by atoms with Crippen molar-refractivity contribution >= 4 is 33.9 Å². The summed E-state index contributed by atoms with van der Waals surface area (Å²) in [6.45, 7) is 2.47. The average Bonchev–Trinajstić information content (AvgIpc) is 2.93. The van der Waals surface area contributed by atoms with E-state index in [1.807, 2.05) is 25.1 Å². The Morgan fingerprint density at radius 2 is 2.33 bits per heavy atom. The summed E-state index contributed by atoms with van der Waals surface area (Å²) in [5.41, 5.74) is 0.784. The largest absolute Gasteiger partial charge is 0.496 e. The van der Waals surface area contributed by atoms with Crippen LogP contribution in [0.3, 0.4) is 0 Å². The number of methoxy groups -OCH3 is 1. The molecule has 0 unspecified atom stereocenters. The predicted molar refractivity (Wildman–Crippen MR) is 81.8 cm³/mol. The van der Waals surface area contributed by atoms with Crippen molar-refractivity contribution in [1.29, 1.82) is 0 Å². The minimum Gasteiger partial charge on any atom is -0.496 e. The van der Waals surface area contributed by atoms with E-state index in [0.29, 0.717) is 12.3 Å². The summed E-state index contributed by atoms with van der Waals surface area (Å²) in [4.78, 5) is 13.2. The molecule has 1 aromatic heterocycles. The van der Waals surface area contributed by atoms with E-state index in [-0.39, 0.29) is 11.9 Å². The number of nitrogens with one attached hydrogen (secondary N) is 1. The SMILES string of the molecule is CCn1nnc(NC(=O)/C=C/c2cc(Br)ccc2OC)n1. The third-order valence-corrected chi connectivity index (χ3v) is 3.07. The van der Waals surface area contributed by atoms with Gasteiger partial charge in [0.05, 0.1) is 13.7 Å². The number of rotatable bonds is 5. The second-order valence-electron chi connectivity index (χ2n) is 4.01. The molecule has 1 aromatic carbocycles. The number of carbonyl (C=O) groups is 1. The van der Waals surface area contributed by atoms with Crippen LogP contribution in [0.25, 0.3) is 6.08 Å². The highest BCUT2D eigenvalue weighted by Crippen LogP contribution is 2.24. The van der Waals surface area contributed by atoms with Crippen LogP contribution in [-0.4, -0.2) is 33.2 Å². The smallest absolute Gasteiger partial charge is 0.270 e. The van der Waals surface area contributed by atoms with Gasteiger partial charge in [-0.15, -0.1) is 5.10 Å². The molecule has 0 saturated heterocycles. The van der Waals surface area contributed by atoms with E-state index in [1.54, 1.807) is 13.2 Å². The Bertz CT molecular complexity index is 668. The number of ether oxygens (including phenoxy) is 1. The molecule has 0 aliphatic heterocycles. The number of amides is 1. The fraction of sp³-hybridized carbons (Fsp3) is 0.231. The van der Waals surface area contributed by atoms with Gasteiger partial charge < -0.3 is 4.74 Å². The molecule has 0 radical (unpaired) electrons. The van der Waals surface area contributed by atoms with Crippen LogP contribution in [0, 0.1) is 0 Å². The molecule has 0 fully saturated rings. The van der Waals surface area contributed by atoms with E-state index in [2.05, 4.69) is 36.7 Å². The topological polar surface area (TPSA) is 81.9 Å². The molecule has 1 N–H and O–H groups in total. The van der Waals surface area contributed by atoms with Crippen LogP contribution >= 0.6 is 15.9 Å². The van der Waals surface area contributed by atoms with E-state index < -0.39 is 0 Å². The van der Waals surface area contributed by atoms with Gasteiger partial charge in [0.1, 0.15) is 5.75 Å². The lowest BCUT2D eigenvalue weighted by Gasteiger charge is -2.04. The normalized spacial score (nSPS) is 10.8. The van der Waals surface area contributed by atoms with Crippen LogP contribution in [0.2, 0.25) is 0 Å². The van der Waals surface area contributed by atoms with Crippen molar-refractivity contribution < 1.29 is 9.53 Å². The number of nitrogens with zero attached hydrogens (tertiary/aromatic N) is 4. The summed E-state index contributed by atoms with van der Waals surface area (Å²) in [7, 11) is 1.58. The van der Waals surface area contributed by atoms with Crippen molar-refractivity contribution in [1.82, 2.24) is 20.2 Å². The highest BCUT2D eigenvalue weighted by Gasteiger charge is 2.05. The Kier molecular flexibility index (Phi) is 5.04. The average molecular weight is 352 g/mol.